The molecule has 0 amide bonds. The van der Waals surface area contributed by atoms with Crippen molar-refractivity contribution in [2.24, 2.45) is 7.05 Å². The van der Waals surface area contributed by atoms with Gasteiger partial charge < -0.3 is 14.4 Å². The van der Waals surface area contributed by atoms with Gasteiger partial charge in [-0.15, -0.1) is 0 Å². The third-order valence-electron chi connectivity index (χ3n) is 5.09. The number of carboxylic acids is 1. The molecular formula is C20H23NO4. The molecule has 1 N–H and O–H groups in total. The number of aromatic nitrogens is 1. The predicted molar refractivity (Wildman–Crippen MR) is 96.5 cm³/mol. The van der Waals surface area contributed by atoms with Crippen LogP contribution >= 0.6 is 0 Å². The van der Waals surface area contributed by atoms with E-state index in [9.17, 15) is 14.7 Å². The maximum atomic E-state index is 12.8. The lowest BCUT2D eigenvalue weighted by Crippen LogP contribution is -2.23. The van der Waals surface area contributed by atoms with Crippen LogP contribution in [0.4, 0.5) is 0 Å². The first-order valence-corrected chi connectivity index (χ1v) is 8.52. The highest BCUT2D eigenvalue weighted by Gasteiger charge is 2.26. The Morgan fingerprint density at radius 1 is 1.32 bits per heavy atom. The van der Waals surface area contributed by atoms with E-state index in [4.69, 9.17) is 4.74 Å². The van der Waals surface area contributed by atoms with Gasteiger partial charge in [0, 0.05) is 18.3 Å². The molecule has 0 saturated heterocycles. The van der Waals surface area contributed by atoms with Crippen LogP contribution in [0, 0.1) is 13.8 Å². The van der Waals surface area contributed by atoms with Crippen molar-refractivity contribution in [2.45, 2.75) is 39.5 Å². The lowest BCUT2D eigenvalue weighted by atomic mass is 9.87. The fourth-order valence-corrected chi connectivity index (χ4v) is 3.53. The maximum Gasteiger partial charge on any atom is 0.310 e. The molecule has 0 bridgehead atoms. The van der Waals surface area contributed by atoms with Gasteiger partial charge in [0.25, 0.3) is 5.56 Å². The molecule has 0 fully saturated rings. The van der Waals surface area contributed by atoms with Crippen molar-refractivity contribution < 1.29 is 14.6 Å². The Hall–Kier alpha value is -2.56. The molecule has 0 saturated carbocycles. The number of hydrogen-bond acceptors (Lipinski definition) is 3. The summed E-state index contributed by atoms with van der Waals surface area (Å²) in [6, 6.07) is 5.65. The van der Waals surface area contributed by atoms with Gasteiger partial charge in [-0.3, -0.25) is 9.59 Å². The van der Waals surface area contributed by atoms with Crippen molar-refractivity contribution in [3.63, 3.8) is 0 Å². The molecule has 2 aromatic rings. The number of ether oxygens (including phenoxy) is 1. The van der Waals surface area contributed by atoms with Crippen molar-refractivity contribution in [1.29, 1.82) is 0 Å². The number of rotatable bonds is 3. The first-order valence-electron chi connectivity index (χ1n) is 8.52. The number of fused-ring (bicyclic) bond motifs is 1. The van der Waals surface area contributed by atoms with Crippen LogP contribution in [0.2, 0.25) is 0 Å². The zero-order chi connectivity index (χ0) is 18.3. The number of aliphatic carboxylic acids is 1. The van der Waals surface area contributed by atoms with Crippen LogP contribution in [0.3, 0.4) is 0 Å². The molecule has 25 heavy (non-hydrogen) atoms. The van der Waals surface area contributed by atoms with E-state index in [1.165, 1.54) is 0 Å². The second-order valence-corrected chi connectivity index (χ2v) is 6.73. The van der Waals surface area contributed by atoms with Crippen molar-refractivity contribution in [3.8, 4) is 16.9 Å². The molecule has 132 valence electrons. The van der Waals surface area contributed by atoms with Gasteiger partial charge in [-0.05, 0) is 56.4 Å². The fourth-order valence-electron chi connectivity index (χ4n) is 3.53. The van der Waals surface area contributed by atoms with Gasteiger partial charge in [0.05, 0.1) is 18.1 Å². The van der Waals surface area contributed by atoms with Gasteiger partial charge in [0.2, 0.25) is 0 Å². The van der Waals surface area contributed by atoms with Gasteiger partial charge in [-0.1, -0.05) is 12.1 Å². The van der Waals surface area contributed by atoms with E-state index in [0.29, 0.717) is 17.9 Å². The number of pyridine rings is 1. The van der Waals surface area contributed by atoms with Crippen LogP contribution in [0.15, 0.2) is 23.0 Å². The number of benzene rings is 1. The molecule has 1 atom stereocenters. The van der Waals surface area contributed by atoms with Crippen molar-refractivity contribution >= 4 is 5.97 Å². The summed E-state index contributed by atoms with van der Waals surface area (Å²) in [5.41, 5.74) is 4.81. The minimum absolute atomic E-state index is 0.0621. The summed E-state index contributed by atoms with van der Waals surface area (Å²) in [4.78, 5) is 24.3. The summed E-state index contributed by atoms with van der Waals surface area (Å²) < 4.78 is 7.55. The lowest BCUT2D eigenvalue weighted by molar-refractivity contribution is -0.138. The Morgan fingerprint density at radius 3 is 2.72 bits per heavy atom. The Kier molecular flexibility index (Phi) is 4.41. The Balaban J connectivity index is 2.28. The number of carbonyl (C=O) groups is 1. The number of aryl methyl sites for hydroxylation is 2. The first-order chi connectivity index (χ1) is 11.8. The van der Waals surface area contributed by atoms with Gasteiger partial charge in [-0.2, -0.15) is 0 Å². The van der Waals surface area contributed by atoms with Gasteiger partial charge in [-0.25, -0.2) is 0 Å². The normalized spacial score (nSPS) is 14.6. The van der Waals surface area contributed by atoms with Gasteiger partial charge in [0.15, 0.2) is 0 Å². The summed E-state index contributed by atoms with van der Waals surface area (Å²) in [6.07, 6.45) is 1.61. The van der Waals surface area contributed by atoms with E-state index < -0.39 is 11.9 Å². The van der Waals surface area contributed by atoms with E-state index in [1.807, 2.05) is 32.0 Å². The lowest BCUT2D eigenvalue weighted by Gasteiger charge is -2.25. The van der Waals surface area contributed by atoms with Crippen LogP contribution in [0.25, 0.3) is 11.1 Å². The third-order valence-corrected chi connectivity index (χ3v) is 5.09. The van der Waals surface area contributed by atoms with E-state index in [1.54, 1.807) is 18.5 Å². The summed E-state index contributed by atoms with van der Waals surface area (Å²) in [5.74, 6) is -0.796. The molecule has 5 heteroatoms. The number of hydrogen-bond donors (Lipinski definition) is 1. The highest BCUT2D eigenvalue weighted by Crippen LogP contribution is 2.40. The van der Waals surface area contributed by atoms with Crippen molar-refractivity contribution in [1.82, 2.24) is 4.57 Å². The molecule has 1 aliphatic heterocycles. The second-order valence-electron chi connectivity index (χ2n) is 6.73. The SMILES string of the molecule is Cc1cc(C)n(C)c(=O)c1-c1ccc(C(C)C(=O)O)c2c1OCCC2. The van der Waals surface area contributed by atoms with E-state index in [0.717, 1.165) is 40.8 Å². The van der Waals surface area contributed by atoms with Gasteiger partial charge >= 0.3 is 5.97 Å². The van der Waals surface area contributed by atoms with Crippen molar-refractivity contribution in [2.75, 3.05) is 6.61 Å². The first kappa shape index (κ1) is 17.3. The standard InChI is InChI=1S/C20H23NO4/c1-11-10-12(2)21(4)19(22)17(11)16-8-7-14(13(3)20(23)24)15-6-5-9-25-18(15)16/h7-8,10,13H,5-6,9H2,1-4H3,(H,23,24). The molecule has 5 nitrogen and oxygen atoms in total. The highest BCUT2D eigenvalue weighted by molar-refractivity contribution is 5.80. The molecule has 1 aliphatic rings. The molecule has 0 spiro atoms. The summed E-state index contributed by atoms with van der Waals surface area (Å²) in [6.45, 7) is 6.09. The number of carboxylic acid groups (broad SMARTS) is 1. The number of nitrogens with zero attached hydrogens (tertiary/aromatic N) is 1. The predicted octanol–water partition coefficient (Wildman–Crippen LogP) is 3.18. The van der Waals surface area contributed by atoms with E-state index in [2.05, 4.69) is 0 Å². The van der Waals surface area contributed by atoms with Crippen molar-refractivity contribution in [3.05, 3.63) is 50.9 Å². The largest absolute Gasteiger partial charge is 0.493 e. The molecule has 1 aromatic carbocycles. The smallest absolute Gasteiger partial charge is 0.310 e. The van der Waals surface area contributed by atoms with E-state index in [-0.39, 0.29) is 5.56 Å². The van der Waals surface area contributed by atoms with Crippen LogP contribution in [-0.4, -0.2) is 22.2 Å². The van der Waals surface area contributed by atoms with Crippen LogP contribution in [0.1, 0.15) is 41.6 Å². The zero-order valence-electron chi connectivity index (χ0n) is 15.0. The molecule has 1 unspecified atom stereocenters. The molecular weight excluding hydrogens is 318 g/mol. The molecule has 1 aromatic heterocycles. The maximum absolute atomic E-state index is 12.8. The molecule has 0 aliphatic carbocycles. The second kappa shape index (κ2) is 6.39. The Morgan fingerprint density at radius 2 is 2.04 bits per heavy atom. The molecule has 0 radical (unpaired) electrons. The third kappa shape index (κ3) is 2.84. The van der Waals surface area contributed by atoms with Crippen LogP contribution in [0.5, 0.6) is 5.75 Å². The fraction of sp³-hybridized carbons (Fsp3) is 0.400. The zero-order valence-corrected chi connectivity index (χ0v) is 15.0. The average Bonchev–Trinajstić information content (AvgIpc) is 2.59. The topological polar surface area (TPSA) is 68.5 Å². The average molecular weight is 341 g/mol. The summed E-state index contributed by atoms with van der Waals surface area (Å²) in [5, 5.41) is 9.38. The minimum atomic E-state index is -0.858. The Bertz CT molecular complexity index is 911. The minimum Gasteiger partial charge on any atom is -0.493 e. The van der Waals surface area contributed by atoms with Crippen LogP contribution in [-0.2, 0) is 18.3 Å². The highest BCUT2D eigenvalue weighted by atomic mass is 16.5. The van der Waals surface area contributed by atoms with Crippen LogP contribution < -0.4 is 10.3 Å². The van der Waals surface area contributed by atoms with Gasteiger partial charge in [0.1, 0.15) is 5.75 Å². The summed E-state index contributed by atoms with van der Waals surface area (Å²) >= 11 is 0. The van der Waals surface area contributed by atoms with E-state index >= 15 is 0 Å². The molecule has 2 heterocycles. The molecule has 3 rings (SSSR count). The summed E-state index contributed by atoms with van der Waals surface area (Å²) in [7, 11) is 1.76. The quantitative estimate of drug-likeness (QED) is 0.931. The monoisotopic (exact) mass is 341 g/mol. The Labute approximate surface area is 146 Å².